The number of carbonyl (C=O) groups is 1. The van der Waals surface area contributed by atoms with Crippen molar-refractivity contribution in [2.45, 2.75) is 26.1 Å². The number of aryl methyl sites for hydroxylation is 1. The summed E-state index contributed by atoms with van der Waals surface area (Å²) < 4.78 is 48.4. The van der Waals surface area contributed by atoms with E-state index in [-0.39, 0.29) is 24.9 Å². The summed E-state index contributed by atoms with van der Waals surface area (Å²) in [7, 11) is 0. The molecule has 136 valence electrons. The first-order chi connectivity index (χ1) is 11.8. The number of alkyl halides is 3. The SMILES string of the molecule is Cc1ccc(C(C)NC(=O)NCCOc2cccc(C(F)(F)F)c2)o1. The number of hydrogen-bond acceptors (Lipinski definition) is 3. The van der Waals surface area contributed by atoms with Crippen LogP contribution >= 0.6 is 0 Å². The smallest absolute Gasteiger partial charge is 0.416 e. The standard InChI is InChI=1S/C17H19F3N2O3/c1-11-6-7-15(25-11)12(2)22-16(23)21-8-9-24-14-5-3-4-13(10-14)17(18,19)20/h3-7,10,12H,8-9H2,1-2H3,(H2,21,22,23). The first-order valence-corrected chi connectivity index (χ1v) is 7.66. The number of carbonyl (C=O) groups excluding carboxylic acids is 1. The Balaban J connectivity index is 1.73. The summed E-state index contributed by atoms with van der Waals surface area (Å²) in [5.74, 6) is 1.47. The number of furan rings is 1. The van der Waals surface area contributed by atoms with Gasteiger partial charge < -0.3 is 19.8 Å². The third-order valence-electron chi connectivity index (χ3n) is 3.35. The summed E-state index contributed by atoms with van der Waals surface area (Å²) in [6, 6.07) is 7.43. The lowest BCUT2D eigenvalue weighted by Crippen LogP contribution is -2.38. The maximum atomic E-state index is 12.6. The molecule has 2 N–H and O–H groups in total. The molecular formula is C17H19F3N2O3. The van der Waals surface area contributed by atoms with E-state index in [0.717, 1.165) is 17.9 Å². The van der Waals surface area contributed by atoms with Gasteiger partial charge in [0.25, 0.3) is 0 Å². The van der Waals surface area contributed by atoms with Crippen LogP contribution in [0.2, 0.25) is 0 Å². The van der Waals surface area contributed by atoms with E-state index in [4.69, 9.17) is 9.15 Å². The summed E-state index contributed by atoms with van der Waals surface area (Å²) >= 11 is 0. The normalized spacial score (nSPS) is 12.5. The molecule has 1 heterocycles. The van der Waals surface area contributed by atoms with Crippen molar-refractivity contribution >= 4 is 6.03 Å². The number of amides is 2. The van der Waals surface area contributed by atoms with E-state index in [9.17, 15) is 18.0 Å². The molecule has 5 nitrogen and oxygen atoms in total. The number of halogens is 3. The highest BCUT2D eigenvalue weighted by Crippen LogP contribution is 2.31. The van der Waals surface area contributed by atoms with Crippen molar-refractivity contribution < 1.29 is 27.1 Å². The van der Waals surface area contributed by atoms with Gasteiger partial charge in [-0.1, -0.05) is 6.07 Å². The van der Waals surface area contributed by atoms with Crippen molar-refractivity contribution in [1.82, 2.24) is 10.6 Å². The molecule has 8 heteroatoms. The van der Waals surface area contributed by atoms with Crippen molar-refractivity contribution in [3.8, 4) is 5.75 Å². The zero-order valence-electron chi connectivity index (χ0n) is 13.8. The lowest BCUT2D eigenvalue weighted by atomic mass is 10.2. The fourth-order valence-corrected chi connectivity index (χ4v) is 2.10. The molecule has 0 aliphatic carbocycles. The minimum atomic E-state index is -4.42. The summed E-state index contributed by atoms with van der Waals surface area (Å²) in [6.45, 7) is 3.77. The fourth-order valence-electron chi connectivity index (χ4n) is 2.10. The highest BCUT2D eigenvalue weighted by Gasteiger charge is 2.30. The highest BCUT2D eigenvalue weighted by atomic mass is 19.4. The molecule has 0 aliphatic rings. The van der Waals surface area contributed by atoms with Crippen LogP contribution < -0.4 is 15.4 Å². The quantitative estimate of drug-likeness (QED) is 0.768. The second-order valence-corrected chi connectivity index (χ2v) is 5.44. The lowest BCUT2D eigenvalue weighted by molar-refractivity contribution is -0.137. The van der Waals surface area contributed by atoms with Gasteiger partial charge >= 0.3 is 12.2 Å². The minimum absolute atomic E-state index is 0.0446. The van der Waals surface area contributed by atoms with E-state index in [1.54, 1.807) is 26.0 Å². The van der Waals surface area contributed by atoms with Crippen LogP contribution in [0.5, 0.6) is 5.75 Å². The Morgan fingerprint density at radius 1 is 1.28 bits per heavy atom. The molecular weight excluding hydrogens is 337 g/mol. The van der Waals surface area contributed by atoms with Crippen LogP contribution in [0, 0.1) is 6.92 Å². The van der Waals surface area contributed by atoms with Crippen LogP contribution in [0.1, 0.15) is 30.0 Å². The minimum Gasteiger partial charge on any atom is -0.492 e. The van der Waals surface area contributed by atoms with Crippen LogP contribution in [-0.2, 0) is 6.18 Å². The molecule has 0 saturated heterocycles. The molecule has 0 bridgehead atoms. The Bertz CT molecular complexity index is 713. The lowest BCUT2D eigenvalue weighted by Gasteiger charge is -2.13. The van der Waals surface area contributed by atoms with E-state index < -0.39 is 17.8 Å². The average Bonchev–Trinajstić information content (AvgIpc) is 2.98. The zero-order valence-corrected chi connectivity index (χ0v) is 13.8. The molecule has 0 spiro atoms. The average molecular weight is 356 g/mol. The molecule has 1 aromatic carbocycles. The summed E-state index contributed by atoms with van der Waals surface area (Å²) in [5.41, 5.74) is -0.779. The van der Waals surface area contributed by atoms with Gasteiger partial charge in [-0.3, -0.25) is 0 Å². The van der Waals surface area contributed by atoms with Crippen LogP contribution in [0.3, 0.4) is 0 Å². The van der Waals surface area contributed by atoms with Crippen LogP contribution in [0.15, 0.2) is 40.8 Å². The third-order valence-corrected chi connectivity index (χ3v) is 3.35. The Labute approximate surface area is 143 Å². The van der Waals surface area contributed by atoms with Gasteiger partial charge in [-0.25, -0.2) is 4.79 Å². The largest absolute Gasteiger partial charge is 0.492 e. The molecule has 0 radical (unpaired) electrons. The number of urea groups is 1. The van der Waals surface area contributed by atoms with Crippen LogP contribution in [-0.4, -0.2) is 19.2 Å². The fraction of sp³-hybridized carbons (Fsp3) is 0.353. The molecule has 0 aliphatic heterocycles. The molecule has 0 fully saturated rings. The summed E-state index contributed by atoms with van der Waals surface area (Å²) in [6.07, 6.45) is -4.42. The molecule has 2 rings (SSSR count). The van der Waals surface area contributed by atoms with Gasteiger partial charge in [-0.15, -0.1) is 0 Å². The van der Waals surface area contributed by atoms with Gasteiger partial charge in [-0.05, 0) is 44.2 Å². The van der Waals surface area contributed by atoms with Gasteiger partial charge in [-0.2, -0.15) is 13.2 Å². The van der Waals surface area contributed by atoms with E-state index in [1.807, 2.05) is 0 Å². The maximum Gasteiger partial charge on any atom is 0.416 e. The topological polar surface area (TPSA) is 63.5 Å². The second kappa shape index (κ2) is 7.96. The first-order valence-electron chi connectivity index (χ1n) is 7.66. The van der Waals surface area contributed by atoms with E-state index in [2.05, 4.69) is 10.6 Å². The third kappa shape index (κ3) is 5.74. The van der Waals surface area contributed by atoms with Crippen LogP contribution in [0.25, 0.3) is 0 Å². The summed E-state index contributed by atoms with van der Waals surface area (Å²) in [4.78, 5) is 11.8. The van der Waals surface area contributed by atoms with E-state index >= 15 is 0 Å². The molecule has 1 aromatic heterocycles. The summed E-state index contributed by atoms with van der Waals surface area (Å²) in [5, 5.41) is 5.26. The Hall–Kier alpha value is -2.64. The number of benzene rings is 1. The van der Waals surface area contributed by atoms with Gasteiger partial charge in [0.05, 0.1) is 18.2 Å². The zero-order chi connectivity index (χ0) is 18.4. The van der Waals surface area contributed by atoms with Crippen LogP contribution in [0.4, 0.5) is 18.0 Å². The second-order valence-electron chi connectivity index (χ2n) is 5.44. The van der Waals surface area contributed by atoms with Crippen molar-refractivity contribution in [2.75, 3.05) is 13.2 Å². The van der Waals surface area contributed by atoms with Gasteiger partial charge in [0.1, 0.15) is 23.9 Å². The predicted molar refractivity (Wildman–Crippen MR) is 85.3 cm³/mol. The maximum absolute atomic E-state index is 12.6. The van der Waals surface area contributed by atoms with Gasteiger partial charge in [0.15, 0.2) is 0 Å². The van der Waals surface area contributed by atoms with Gasteiger partial charge in [0.2, 0.25) is 0 Å². The van der Waals surface area contributed by atoms with E-state index in [0.29, 0.717) is 5.76 Å². The number of hydrogen-bond donors (Lipinski definition) is 2. The van der Waals surface area contributed by atoms with Gasteiger partial charge in [0, 0.05) is 0 Å². The number of nitrogens with one attached hydrogen (secondary N) is 2. The first kappa shape index (κ1) is 18.7. The predicted octanol–water partition coefficient (Wildman–Crippen LogP) is 4.05. The van der Waals surface area contributed by atoms with Crippen molar-refractivity contribution in [3.05, 3.63) is 53.5 Å². The molecule has 1 atom stereocenters. The van der Waals surface area contributed by atoms with E-state index in [1.165, 1.54) is 12.1 Å². The Morgan fingerprint density at radius 3 is 2.68 bits per heavy atom. The van der Waals surface area contributed by atoms with Crippen molar-refractivity contribution in [1.29, 1.82) is 0 Å². The number of ether oxygens (including phenoxy) is 1. The molecule has 2 aromatic rings. The highest BCUT2D eigenvalue weighted by molar-refractivity contribution is 5.74. The molecule has 0 saturated carbocycles. The monoisotopic (exact) mass is 356 g/mol. The van der Waals surface area contributed by atoms with Crippen molar-refractivity contribution in [3.63, 3.8) is 0 Å². The number of rotatable bonds is 6. The van der Waals surface area contributed by atoms with Crippen molar-refractivity contribution in [2.24, 2.45) is 0 Å². The molecule has 2 amide bonds. The molecule has 1 unspecified atom stereocenters. The molecule has 25 heavy (non-hydrogen) atoms. The Morgan fingerprint density at radius 2 is 2.04 bits per heavy atom. The Kier molecular flexibility index (Phi) is 5.95.